The number of benzene rings is 1. The fourth-order valence-corrected chi connectivity index (χ4v) is 1.89. The average Bonchev–Trinajstić information content (AvgIpc) is 2.38. The van der Waals surface area contributed by atoms with Gasteiger partial charge in [0.2, 0.25) is 0 Å². The summed E-state index contributed by atoms with van der Waals surface area (Å²) in [5.74, 6) is -0.134. The molecule has 1 N–H and O–H groups in total. The van der Waals surface area contributed by atoms with Crippen molar-refractivity contribution in [2.24, 2.45) is 0 Å². The van der Waals surface area contributed by atoms with Crippen molar-refractivity contribution in [2.75, 3.05) is 0 Å². The lowest BCUT2D eigenvalue weighted by atomic mass is 10.2. The Labute approximate surface area is 114 Å². The SMILES string of the molecule is Cc1cnc(CNC(=O)c2ccccc2Br)cn1. The Balaban J connectivity index is 2.01. The van der Waals surface area contributed by atoms with Crippen molar-refractivity contribution < 1.29 is 4.79 Å². The molecule has 0 spiro atoms. The molecule has 0 aliphatic heterocycles. The van der Waals surface area contributed by atoms with E-state index in [-0.39, 0.29) is 5.91 Å². The van der Waals surface area contributed by atoms with Gasteiger partial charge in [0.15, 0.2) is 0 Å². The molecule has 2 rings (SSSR count). The number of nitrogens with one attached hydrogen (secondary N) is 1. The molecule has 92 valence electrons. The highest BCUT2D eigenvalue weighted by Gasteiger charge is 2.08. The molecule has 0 aliphatic rings. The van der Waals surface area contributed by atoms with E-state index in [0.717, 1.165) is 15.9 Å². The number of halogens is 1. The van der Waals surface area contributed by atoms with Crippen LogP contribution in [-0.2, 0) is 6.54 Å². The smallest absolute Gasteiger partial charge is 0.252 e. The van der Waals surface area contributed by atoms with Gasteiger partial charge in [-0.05, 0) is 35.0 Å². The van der Waals surface area contributed by atoms with Gasteiger partial charge >= 0.3 is 0 Å². The molecular formula is C13H12BrN3O. The molecule has 18 heavy (non-hydrogen) atoms. The fraction of sp³-hybridized carbons (Fsp3) is 0.154. The molecule has 1 amide bonds. The third-order valence-corrected chi connectivity index (χ3v) is 3.07. The molecule has 0 bridgehead atoms. The zero-order chi connectivity index (χ0) is 13.0. The predicted molar refractivity (Wildman–Crippen MR) is 72.1 cm³/mol. The quantitative estimate of drug-likeness (QED) is 0.948. The van der Waals surface area contributed by atoms with Crippen LogP contribution in [0.3, 0.4) is 0 Å². The van der Waals surface area contributed by atoms with Crippen LogP contribution >= 0.6 is 15.9 Å². The highest BCUT2D eigenvalue weighted by atomic mass is 79.9. The molecule has 5 heteroatoms. The summed E-state index contributed by atoms with van der Waals surface area (Å²) < 4.78 is 0.775. The summed E-state index contributed by atoms with van der Waals surface area (Å²) >= 11 is 3.34. The van der Waals surface area contributed by atoms with Crippen molar-refractivity contribution in [1.29, 1.82) is 0 Å². The van der Waals surface area contributed by atoms with Gasteiger partial charge in [0.05, 0.1) is 29.7 Å². The van der Waals surface area contributed by atoms with E-state index in [1.54, 1.807) is 18.5 Å². The summed E-state index contributed by atoms with van der Waals surface area (Å²) in [4.78, 5) is 20.2. The van der Waals surface area contributed by atoms with Gasteiger partial charge in [-0.25, -0.2) is 0 Å². The minimum atomic E-state index is -0.134. The minimum absolute atomic E-state index is 0.134. The lowest BCUT2D eigenvalue weighted by Crippen LogP contribution is -2.23. The number of hydrogen-bond acceptors (Lipinski definition) is 3. The lowest BCUT2D eigenvalue weighted by Gasteiger charge is -2.06. The van der Waals surface area contributed by atoms with Crippen LogP contribution in [0.1, 0.15) is 21.7 Å². The van der Waals surface area contributed by atoms with Crippen LogP contribution in [0.5, 0.6) is 0 Å². The van der Waals surface area contributed by atoms with Gasteiger partial charge in [0.1, 0.15) is 0 Å². The summed E-state index contributed by atoms with van der Waals surface area (Å²) in [6.07, 6.45) is 3.34. The molecule has 4 nitrogen and oxygen atoms in total. The third-order valence-electron chi connectivity index (χ3n) is 2.38. The van der Waals surface area contributed by atoms with Crippen LogP contribution in [0.25, 0.3) is 0 Å². The third kappa shape index (κ3) is 3.13. The zero-order valence-electron chi connectivity index (χ0n) is 9.85. The van der Waals surface area contributed by atoms with E-state index in [9.17, 15) is 4.79 Å². The Morgan fingerprint density at radius 2 is 2.06 bits per heavy atom. The van der Waals surface area contributed by atoms with Gasteiger partial charge < -0.3 is 5.32 Å². The van der Waals surface area contributed by atoms with E-state index >= 15 is 0 Å². The van der Waals surface area contributed by atoms with Gasteiger partial charge in [-0.1, -0.05) is 12.1 Å². The normalized spacial score (nSPS) is 10.1. The first-order valence-corrected chi connectivity index (χ1v) is 6.26. The number of aryl methyl sites for hydroxylation is 1. The van der Waals surface area contributed by atoms with Gasteiger partial charge in [0.25, 0.3) is 5.91 Å². The number of amides is 1. The Hall–Kier alpha value is -1.75. The minimum Gasteiger partial charge on any atom is -0.346 e. The van der Waals surface area contributed by atoms with Gasteiger partial charge in [-0.3, -0.25) is 14.8 Å². The second-order valence-corrected chi connectivity index (χ2v) is 4.67. The molecule has 0 unspecified atom stereocenters. The van der Waals surface area contributed by atoms with E-state index in [0.29, 0.717) is 12.1 Å². The number of carbonyl (C=O) groups excluding carboxylic acids is 1. The predicted octanol–water partition coefficient (Wildman–Crippen LogP) is 2.48. The van der Waals surface area contributed by atoms with Gasteiger partial charge in [-0.15, -0.1) is 0 Å². The molecule has 1 aromatic heterocycles. The molecule has 0 aliphatic carbocycles. The number of nitrogens with zero attached hydrogens (tertiary/aromatic N) is 2. The summed E-state index contributed by atoms with van der Waals surface area (Å²) in [7, 11) is 0. The molecule has 1 aromatic carbocycles. The number of aromatic nitrogens is 2. The van der Waals surface area contributed by atoms with Crippen LogP contribution in [0, 0.1) is 6.92 Å². The van der Waals surface area contributed by atoms with E-state index in [1.165, 1.54) is 0 Å². The van der Waals surface area contributed by atoms with Crippen LogP contribution in [0.2, 0.25) is 0 Å². The molecule has 0 fully saturated rings. The highest BCUT2D eigenvalue weighted by molar-refractivity contribution is 9.10. The summed E-state index contributed by atoms with van der Waals surface area (Å²) in [5, 5.41) is 2.80. The highest BCUT2D eigenvalue weighted by Crippen LogP contribution is 2.15. The first-order valence-electron chi connectivity index (χ1n) is 5.47. The first-order chi connectivity index (χ1) is 8.66. The Bertz CT molecular complexity index is 554. The Morgan fingerprint density at radius 1 is 1.28 bits per heavy atom. The number of rotatable bonds is 3. The molecule has 2 aromatic rings. The van der Waals surface area contributed by atoms with Crippen molar-refractivity contribution in [3.05, 3.63) is 58.1 Å². The molecule has 0 saturated carbocycles. The van der Waals surface area contributed by atoms with Crippen LogP contribution < -0.4 is 5.32 Å². The fourth-order valence-electron chi connectivity index (χ4n) is 1.42. The second kappa shape index (κ2) is 5.73. The average molecular weight is 306 g/mol. The van der Waals surface area contributed by atoms with Crippen LogP contribution in [0.4, 0.5) is 0 Å². The topological polar surface area (TPSA) is 54.9 Å². The maximum atomic E-state index is 11.9. The van der Waals surface area contributed by atoms with E-state index in [4.69, 9.17) is 0 Å². The largest absolute Gasteiger partial charge is 0.346 e. The van der Waals surface area contributed by atoms with Crippen molar-refractivity contribution in [1.82, 2.24) is 15.3 Å². The van der Waals surface area contributed by atoms with Crippen LogP contribution in [0.15, 0.2) is 41.1 Å². The van der Waals surface area contributed by atoms with Crippen LogP contribution in [-0.4, -0.2) is 15.9 Å². The first kappa shape index (κ1) is 12.7. The molecule has 0 radical (unpaired) electrons. The van der Waals surface area contributed by atoms with Crippen molar-refractivity contribution in [2.45, 2.75) is 13.5 Å². The van der Waals surface area contributed by atoms with Crippen molar-refractivity contribution in [3.8, 4) is 0 Å². The summed E-state index contributed by atoms with van der Waals surface area (Å²) in [6, 6.07) is 7.29. The maximum Gasteiger partial charge on any atom is 0.252 e. The van der Waals surface area contributed by atoms with Gasteiger partial charge in [-0.2, -0.15) is 0 Å². The lowest BCUT2D eigenvalue weighted by molar-refractivity contribution is 0.0949. The van der Waals surface area contributed by atoms with E-state index in [1.807, 2.05) is 25.1 Å². The second-order valence-electron chi connectivity index (χ2n) is 3.81. The zero-order valence-corrected chi connectivity index (χ0v) is 11.4. The number of carbonyl (C=O) groups is 1. The standard InChI is InChI=1S/C13H12BrN3O/c1-9-6-16-10(7-15-9)8-17-13(18)11-4-2-3-5-12(11)14/h2-7H,8H2,1H3,(H,17,18). The van der Waals surface area contributed by atoms with E-state index in [2.05, 4.69) is 31.2 Å². The van der Waals surface area contributed by atoms with Gasteiger partial charge in [0, 0.05) is 10.7 Å². The number of hydrogen-bond donors (Lipinski definition) is 1. The molecule has 0 atom stereocenters. The maximum absolute atomic E-state index is 11.9. The Morgan fingerprint density at radius 3 is 2.72 bits per heavy atom. The van der Waals surface area contributed by atoms with Crippen molar-refractivity contribution in [3.63, 3.8) is 0 Å². The molecule has 1 heterocycles. The van der Waals surface area contributed by atoms with Crippen molar-refractivity contribution >= 4 is 21.8 Å². The summed E-state index contributed by atoms with van der Waals surface area (Å²) in [6.45, 7) is 2.24. The van der Waals surface area contributed by atoms with E-state index < -0.39 is 0 Å². The Kier molecular flexibility index (Phi) is 4.04. The molecule has 0 saturated heterocycles. The summed E-state index contributed by atoms with van der Waals surface area (Å²) in [5.41, 5.74) is 2.20. The monoisotopic (exact) mass is 305 g/mol. The molecular weight excluding hydrogens is 294 g/mol.